The normalized spacial score (nSPS) is 10.2. The third-order valence-electron chi connectivity index (χ3n) is 2.80. The van der Waals surface area contributed by atoms with Gasteiger partial charge in [0, 0.05) is 0 Å². The Morgan fingerprint density at radius 2 is 1.76 bits per heavy atom. The lowest BCUT2D eigenvalue weighted by Gasteiger charge is -1.99. The van der Waals surface area contributed by atoms with Gasteiger partial charge in [-0.1, -0.05) is 30.3 Å². The molecule has 0 aliphatic rings. The van der Waals surface area contributed by atoms with Crippen molar-refractivity contribution in [2.24, 2.45) is 7.05 Å². The first-order valence-electron chi connectivity index (χ1n) is 5.35. The van der Waals surface area contributed by atoms with E-state index >= 15 is 0 Å². The van der Waals surface area contributed by atoms with Crippen molar-refractivity contribution in [1.82, 2.24) is 4.57 Å². The second-order valence-electron chi connectivity index (χ2n) is 4.02. The minimum atomic E-state index is 0. The second kappa shape index (κ2) is 4.72. The number of aryl methyl sites for hydroxylation is 1. The summed E-state index contributed by atoms with van der Waals surface area (Å²) in [6.45, 7) is 0. The summed E-state index contributed by atoms with van der Waals surface area (Å²) in [5.41, 5.74) is 1.19. The van der Waals surface area contributed by atoms with Gasteiger partial charge in [0.25, 0.3) is 0 Å². The summed E-state index contributed by atoms with van der Waals surface area (Å²) in [5.74, 6) is 0. The summed E-state index contributed by atoms with van der Waals surface area (Å²) in [7, 11) is 2.03. The number of hydrogen-bond donors (Lipinski definition) is 0. The molecule has 2 aromatic carbocycles. The van der Waals surface area contributed by atoms with Crippen molar-refractivity contribution in [1.29, 1.82) is 0 Å². The van der Waals surface area contributed by atoms with E-state index in [2.05, 4.69) is 59.6 Å². The molecule has 17 heavy (non-hydrogen) atoms. The molecule has 0 amide bonds. The van der Waals surface area contributed by atoms with E-state index in [-0.39, 0.29) is 17.0 Å². The van der Waals surface area contributed by atoms with Crippen LogP contribution in [0.3, 0.4) is 0 Å². The number of aromatic nitrogens is 2. The molecular weight excluding hydrogens is 276 g/mol. The monoisotopic (exact) mass is 288 g/mol. The van der Waals surface area contributed by atoms with Crippen molar-refractivity contribution in [3.63, 3.8) is 0 Å². The van der Waals surface area contributed by atoms with Crippen LogP contribution < -0.4 is 21.5 Å². The predicted molar refractivity (Wildman–Crippen MR) is 64.5 cm³/mol. The third-order valence-corrected chi connectivity index (χ3v) is 2.80. The van der Waals surface area contributed by atoms with E-state index < -0.39 is 0 Å². The average Bonchev–Trinajstić information content (AvgIpc) is 2.75. The van der Waals surface area contributed by atoms with Crippen molar-refractivity contribution in [3.05, 3.63) is 61.2 Å². The fraction of sp³-hybridized carbons (Fsp3) is 0.0714. The van der Waals surface area contributed by atoms with Crippen LogP contribution in [0.4, 0.5) is 0 Å². The van der Waals surface area contributed by atoms with Crippen LogP contribution in [0.25, 0.3) is 16.5 Å². The van der Waals surface area contributed by atoms with Crippen LogP contribution in [0.5, 0.6) is 0 Å². The van der Waals surface area contributed by atoms with Gasteiger partial charge in [-0.25, -0.2) is 9.13 Å². The molecule has 0 bridgehead atoms. The maximum Gasteiger partial charge on any atom is 0.248 e. The number of nitrogens with zero attached hydrogens (tertiary/aromatic N) is 2. The lowest BCUT2D eigenvalue weighted by atomic mass is 10.1. The molecule has 3 aromatic rings. The number of halogens is 1. The van der Waals surface area contributed by atoms with Gasteiger partial charge in [0.05, 0.1) is 7.05 Å². The van der Waals surface area contributed by atoms with Crippen molar-refractivity contribution in [2.45, 2.75) is 0 Å². The van der Waals surface area contributed by atoms with Crippen molar-refractivity contribution in [2.75, 3.05) is 0 Å². The summed E-state index contributed by atoms with van der Waals surface area (Å²) in [6.07, 6.45) is 6.16. The topological polar surface area (TPSA) is 8.81 Å². The van der Waals surface area contributed by atoms with Gasteiger partial charge in [-0.05, 0) is 22.9 Å². The van der Waals surface area contributed by atoms with Gasteiger partial charge >= 0.3 is 0 Å². The molecule has 0 aliphatic heterocycles. The van der Waals surface area contributed by atoms with E-state index in [4.69, 9.17) is 0 Å². The number of rotatable bonds is 1. The second-order valence-corrected chi connectivity index (χ2v) is 4.02. The first-order valence-corrected chi connectivity index (χ1v) is 5.35. The van der Waals surface area contributed by atoms with E-state index in [1.807, 2.05) is 17.8 Å². The Morgan fingerprint density at radius 1 is 1.00 bits per heavy atom. The Bertz CT molecular complexity index is 643. The Labute approximate surface area is 111 Å². The molecule has 0 spiro atoms. The van der Waals surface area contributed by atoms with Crippen molar-refractivity contribution < 1.29 is 21.5 Å². The molecule has 86 valence electrons. The highest BCUT2D eigenvalue weighted by atomic mass is 79.9. The fourth-order valence-corrected chi connectivity index (χ4v) is 1.94. The Kier molecular flexibility index (Phi) is 3.29. The molecule has 0 fully saturated rings. The van der Waals surface area contributed by atoms with Gasteiger partial charge in [-0.2, -0.15) is 0 Å². The van der Waals surface area contributed by atoms with Crippen LogP contribution in [0.15, 0.2) is 61.2 Å². The molecule has 3 heteroatoms. The number of hydrogen-bond acceptors (Lipinski definition) is 0. The van der Waals surface area contributed by atoms with E-state index in [1.54, 1.807) is 0 Å². The number of imidazole rings is 1. The Morgan fingerprint density at radius 3 is 2.47 bits per heavy atom. The molecule has 3 rings (SSSR count). The van der Waals surface area contributed by atoms with E-state index in [1.165, 1.54) is 16.5 Å². The highest BCUT2D eigenvalue weighted by Crippen LogP contribution is 2.15. The summed E-state index contributed by atoms with van der Waals surface area (Å²) >= 11 is 0. The molecule has 0 atom stereocenters. The molecular formula is C14H13BrN2. The summed E-state index contributed by atoms with van der Waals surface area (Å²) in [4.78, 5) is 0. The standard InChI is InChI=1S/C14H13N2.BrH/c1-15-8-9-16(11-15)14-7-6-12-4-2-3-5-13(12)10-14;/h2-11H,1H3;1H/q+1;/p-1. The van der Waals surface area contributed by atoms with Gasteiger partial charge in [-0.15, -0.1) is 0 Å². The molecule has 0 radical (unpaired) electrons. The molecule has 0 saturated heterocycles. The van der Waals surface area contributed by atoms with Crippen LogP contribution >= 0.6 is 0 Å². The SMILES string of the molecule is Cn1cc[n+](-c2ccc3ccccc3c2)c1.[Br-]. The van der Waals surface area contributed by atoms with Crippen LogP contribution in [0.2, 0.25) is 0 Å². The van der Waals surface area contributed by atoms with Crippen LogP contribution in [-0.4, -0.2) is 4.57 Å². The highest BCUT2D eigenvalue weighted by Gasteiger charge is 2.04. The molecule has 0 unspecified atom stereocenters. The summed E-state index contributed by atoms with van der Waals surface area (Å²) < 4.78 is 4.15. The minimum absolute atomic E-state index is 0. The van der Waals surface area contributed by atoms with E-state index in [9.17, 15) is 0 Å². The maximum atomic E-state index is 2.20. The van der Waals surface area contributed by atoms with Gasteiger partial charge < -0.3 is 17.0 Å². The molecule has 0 aliphatic carbocycles. The number of fused-ring (bicyclic) bond motifs is 1. The van der Waals surface area contributed by atoms with Gasteiger partial charge in [0.2, 0.25) is 6.33 Å². The molecule has 1 aromatic heterocycles. The average molecular weight is 289 g/mol. The van der Waals surface area contributed by atoms with E-state index in [0.29, 0.717) is 0 Å². The zero-order valence-corrected chi connectivity index (χ0v) is 11.1. The quantitative estimate of drug-likeness (QED) is 0.532. The predicted octanol–water partition coefficient (Wildman–Crippen LogP) is -0.541. The molecule has 0 saturated carbocycles. The molecule has 0 N–H and O–H groups in total. The smallest absolute Gasteiger partial charge is 0.248 e. The first kappa shape index (κ1) is 11.9. The minimum Gasteiger partial charge on any atom is -1.00 e. The fourth-order valence-electron chi connectivity index (χ4n) is 1.94. The zero-order chi connectivity index (χ0) is 11.0. The van der Waals surface area contributed by atoms with Gasteiger partial charge in [0.1, 0.15) is 18.1 Å². The number of benzene rings is 2. The zero-order valence-electron chi connectivity index (χ0n) is 9.55. The van der Waals surface area contributed by atoms with Crippen LogP contribution in [0, 0.1) is 0 Å². The third kappa shape index (κ3) is 2.24. The van der Waals surface area contributed by atoms with Crippen LogP contribution in [-0.2, 0) is 7.05 Å². The summed E-state index contributed by atoms with van der Waals surface area (Å²) in [6, 6.07) is 14.9. The Balaban J connectivity index is 0.00000108. The maximum absolute atomic E-state index is 2.20. The van der Waals surface area contributed by atoms with Crippen molar-refractivity contribution in [3.8, 4) is 5.69 Å². The van der Waals surface area contributed by atoms with Gasteiger partial charge in [0.15, 0.2) is 0 Å². The van der Waals surface area contributed by atoms with Gasteiger partial charge in [-0.3, -0.25) is 0 Å². The largest absolute Gasteiger partial charge is 1.00 e. The molecule has 2 nitrogen and oxygen atoms in total. The highest BCUT2D eigenvalue weighted by molar-refractivity contribution is 5.83. The van der Waals surface area contributed by atoms with Crippen LogP contribution in [0.1, 0.15) is 0 Å². The first-order chi connectivity index (χ1) is 7.83. The van der Waals surface area contributed by atoms with E-state index in [0.717, 1.165) is 0 Å². The Hall–Kier alpha value is -1.61. The summed E-state index contributed by atoms with van der Waals surface area (Å²) in [5, 5.41) is 2.55. The van der Waals surface area contributed by atoms with Crippen molar-refractivity contribution >= 4 is 10.8 Å². The lowest BCUT2D eigenvalue weighted by Crippen LogP contribution is -3.00. The lowest BCUT2D eigenvalue weighted by molar-refractivity contribution is -0.595. The molecule has 1 heterocycles.